The lowest BCUT2D eigenvalue weighted by Crippen LogP contribution is -2.40. The van der Waals surface area contributed by atoms with E-state index in [4.69, 9.17) is 19.6 Å². The predicted octanol–water partition coefficient (Wildman–Crippen LogP) is 3.92. The molecule has 0 amide bonds. The molecule has 1 unspecified atom stereocenters. The van der Waals surface area contributed by atoms with Gasteiger partial charge in [-0.2, -0.15) is 13.2 Å². The average molecular weight is 494 g/mol. The highest BCUT2D eigenvalue weighted by Crippen LogP contribution is 2.39. The van der Waals surface area contributed by atoms with E-state index in [9.17, 15) is 13.2 Å². The van der Waals surface area contributed by atoms with Gasteiger partial charge in [0.1, 0.15) is 5.82 Å². The van der Waals surface area contributed by atoms with Crippen molar-refractivity contribution >= 4 is 33.2 Å². The van der Waals surface area contributed by atoms with Gasteiger partial charge >= 0.3 is 12.1 Å². The van der Waals surface area contributed by atoms with Gasteiger partial charge in [-0.3, -0.25) is 4.90 Å². The molecule has 6 nitrogen and oxygen atoms in total. The normalized spacial score (nSPS) is 21.6. The van der Waals surface area contributed by atoms with E-state index >= 15 is 0 Å². The molecule has 2 aromatic rings. The van der Waals surface area contributed by atoms with Gasteiger partial charge in [-0.05, 0) is 41.9 Å². The van der Waals surface area contributed by atoms with Crippen molar-refractivity contribution in [3.8, 4) is 0 Å². The van der Waals surface area contributed by atoms with E-state index < -0.39 is 12.1 Å². The monoisotopic (exact) mass is 493 g/mol. The first-order chi connectivity index (χ1) is 13.6. The van der Waals surface area contributed by atoms with Crippen molar-refractivity contribution in [2.24, 2.45) is 0 Å². The number of carboxylic acid groups (broad SMARTS) is 1. The van der Waals surface area contributed by atoms with Crippen molar-refractivity contribution in [3.63, 3.8) is 0 Å². The van der Waals surface area contributed by atoms with Crippen LogP contribution < -0.4 is 0 Å². The third kappa shape index (κ3) is 5.33. The van der Waals surface area contributed by atoms with Crippen molar-refractivity contribution in [2.75, 3.05) is 19.7 Å². The molecular weight excluding hydrogens is 475 g/mol. The second kappa shape index (κ2) is 8.66. The number of nitrogens with zero attached hydrogens (tertiary/aromatic N) is 3. The lowest BCUT2D eigenvalue weighted by molar-refractivity contribution is -0.192. The fraction of sp³-hybridized carbons (Fsp3) is 0.500. The van der Waals surface area contributed by atoms with E-state index in [0.29, 0.717) is 6.61 Å². The van der Waals surface area contributed by atoms with Crippen LogP contribution in [-0.2, 0) is 28.1 Å². The molecule has 29 heavy (non-hydrogen) atoms. The minimum absolute atomic E-state index is 0.0514. The SMILES string of the molecule is Cc1ncc2c(n1)C1(CCN(Cc3cc(Br)cs3)C1)COC2.O=C(O)C(F)(F)F. The molecule has 0 aliphatic carbocycles. The number of carbonyl (C=O) groups is 1. The lowest BCUT2D eigenvalue weighted by atomic mass is 9.80. The number of aryl methyl sites for hydroxylation is 1. The van der Waals surface area contributed by atoms with Gasteiger partial charge in [-0.15, -0.1) is 11.3 Å². The fourth-order valence-corrected chi connectivity index (χ4v) is 5.04. The molecule has 1 saturated heterocycles. The molecule has 4 rings (SSSR count). The summed E-state index contributed by atoms with van der Waals surface area (Å²) in [6.07, 6.45) is -2.03. The van der Waals surface area contributed by atoms with Crippen LogP contribution in [0.4, 0.5) is 13.2 Å². The van der Waals surface area contributed by atoms with E-state index in [-0.39, 0.29) is 5.41 Å². The third-order valence-corrected chi connectivity index (χ3v) is 6.48. The zero-order valence-electron chi connectivity index (χ0n) is 15.5. The molecular formula is C18H19BrF3N3O3S. The zero-order valence-corrected chi connectivity index (χ0v) is 17.9. The summed E-state index contributed by atoms with van der Waals surface area (Å²) in [5.41, 5.74) is 2.44. The summed E-state index contributed by atoms with van der Waals surface area (Å²) in [4.78, 5) is 21.9. The summed E-state index contributed by atoms with van der Waals surface area (Å²) < 4.78 is 38.8. The molecule has 1 spiro atoms. The van der Waals surface area contributed by atoms with Crippen LogP contribution in [0.15, 0.2) is 22.1 Å². The molecule has 0 aromatic carbocycles. The van der Waals surface area contributed by atoms with E-state index in [1.54, 1.807) is 0 Å². The van der Waals surface area contributed by atoms with E-state index in [0.717, 1.165) is 44.0 Å². The number of rotatable bonds is 2. The predicted molar refractivity (Wildman–Crippen MR) is 104 cm³/mol. The van der Waals surface area contributed by atoms with Gasteiger partial charge < -0.3 is 9.84 Å². The Hall–Kier alpha value is -1.56. The number of aliphatic carboxylic acids is 1. The van der Waals surface area contributed by atoms with Crippen molar-refractivity contribution < 1.29 is 27.8 Å². The van der Waals surface area contributed by atoms with Crippen molar-refractivity contribution in [2.45, 2.75) is 38.1 Å². The largest absolute Gasteiger partial charge is 0.490 e. The molecule has 2 aromatic heterocycles. The Balaban J connectivity index is 0.000000298. The molecule has 2 aliphatic rings. The van der Waals surface area contributed by atoms with Gasteiger partial charge in [0, 0.05) is 39.6 Å². The molecule has 2 aliphatic heterocycles. The number of thiophene rings is 1. The number of aromatic nitrogens is 2. The molecule has 11 heteroatoms. The summed E-state index contributed by atoms with van der Waals surface area (Å²) in [7, 11) is 0. The van der Waals surface area contributed by atoms with Crippen LogP contribution in [-0.4, -0.2) is 51.8 Å². The standard InChI is InChI=1S/C16H18BrN3OS.C2HF3O2/c1-11-18-5-12-7-21-10-16(15(12)19-11)2-3-20(9-16)6-14-4-13(17)8-22-14;3-2(4,5)1(6)7/h4-5,8H,2-3,6-7,9-10H2,1H3;(H,6,7). The Morgan fingerprint density at radius 3 is 2.83 bits per heavy atom. The van der Waals surface area contributed by atoms with Gasteiger partial charge in [0.25, 0.3) is 0 Å². The highest BCUT2D eigenvalue weighted by molar-refractivity contribution is 9.10. The first-order valence-electron chi connectivity index (χ1n) is 8.75. The number of hydrogen-bond donors (Lipinski definition) is 1. The van der Waals surface area contributed by atoms with Crippen LogP contribution in [0, 0.1) is 6.92 Å². The number of ether oxygens (including phenoxy) is 1. The summed E-state index contributed by atoms with van der Waals surface area (Å²) in [5.74, 6) is -1.90. The average Bonchev–Trinajstić information content (AvgIpc) is 3.23. The van der Waals surface area contributed by atoms with Crippen LogP contribution >= 0.6 is 27.3 Å². The number of hydrogen-bond acceptors (Lipinski definition) is 6. The summed E-state index contributed by atoms with van der Waals surface area (Å²) in [6, 6.07) is 2.22. The second-order valence-electron chi connectivity index (χ2n) is 7.06. The highest BCUT2D eigenvalue weighted by atomic mass is 79.9. The van der Waals surface area contributed by atoms with Crippen LogP contribution in [0.3, 0.4) is 0 Å². The summed E-state index contributed by atoms with van der Waals surface area (Å²) in [5, 5.41) is 9.27. The van der Waals surface area contributed by atoms with Gasteiger partial charge in [0.2, 0.25) is 0 Å². The maximum absolute atomic E-state index is 10.6. The van der Waals surface area contributed by atoms with Crippen LogP contribution in [0.5, 0.6) is 0 Å². The Bertz CT molecular complexity index is 893. The van der Waals surface area contributed by atoms with Crippen molar-refractivity contribution in [1.82, 2.24) is 14.9 Å². The Morgan fingerprint density at radius 2 is 2.21 bits per heavy atom. The third-order valence-electron chi connectivity index (χ3n) is 4.80. The molecule has 158 valence electrons. The molecule has 1 N–H and O–H groups in total. The summed E-state index contributed by atoms with van der Waals surface area (Å²) in [6.45, 7) is 6.53. The lowest BCUT2D eigenvalue weighted by Gasteiger charge is -2.34. The van der Waals surface area contributed by atoms with Crippen LogP contribution in [0.2, 0.25) is 0 Å². The maximum Gasteiger partial charge on any atom is 0.490 e. The van der Waals surface area contributed by atoms with Crippen molar-refractivity contribution in [3.05, 3.63) is 44.1 Å². The minimum Gasteiger partial charge on any atom is -0.475 e. The number of alkyl halides is 3. The van der Waals surface area contributed by atoms with Gasteiger partial charge in [0.05, 0.1) is 24.3 Å². The molecule has 0 bridgehead atoms. The van der Waals surface area contributed by atoms with Crippen LogP contribution in [0.1, 0.15) is 28.4 Å². The quantitative estimate of drug-likeness (QED) is 0.683. The van der Waals surface area contributed by atoms with Crippen molar-refractivity contribution in [1.29, 1.82) is 0 Å². The highest BCUT2D eigenvalue weighted by Gasteiger charge is 2.44. The number of carboxylic acids is 1. The maximum atomic E-state index is 10.6. The molecule has 0 radical (unpaired) electrons. The minimum atomic E-state index is -5.08. The first kappa shape index (κ1) is 22.1. The smallest absolute Gasteiger partial charge is 0.475 e. The number of likely N-dealkylation sites (tertiary alicyclic amines) is 1. The topological polar surface area (TPSA) is 75.5 Å². The number of halogens is 4. The second-order valence-corrected chi connectivity index (χ2v) is 8.97. The zero-order chi connectivity index (χ0) is 21.2. The molecule has 0 saturated carbocycles. The first-order valence-corrected chi connectivity index (χ1v) is 10.4. The number of fused-ring (bicyclic) bond motifs is 2. The Morgan fingerprint density at radius 1 is 1.48 bits per heavy atom. The molecule has 1 atom stereocenters. The Labute approximate surface area is 177 Å². The van der Waals surface area contributed by atoms with E-state index in [1.807, 2.05) is 24.5 Å². The van der Waals surface area contributed by atoms with Gasteiger partial charge in [0.15, 0.2) is 0 Å². The fourth-order valence-electron chi connectivity index (χ4n) is 3.55. The van der Waals surface area contributed by atoms with Gasteiger partial charge in [-0.1, -0.05) is 0 Å². The van der Waals surface area contributed by atoms with E-state index in [2.05, 4.69) is 37.3 Å². The molecule has 4 heterocycles. The Kier molecular flexibility index (Phi) is 6.61. The molecule has 1 fully saturated rings. The van der Waals surface area contributed by atoms with Crippen LogP contribution in [0.25, 0.3) is 0 Å². The van der Waals surface area contributed by atoms with Gasteiger partial charge in [-0.25, -0.2) is 14.8 Å². The van der Waals surface area contributed by atoms with E-state index in [1.165, 1.54) is 15.0 Å². The summed E-state index contributed by atoms with van der Waals surface area (Å²) >= 11 is 5.35.